The first-order valence-corrected chi connectivity index (χ1v) is 10.2. The summed E-state index contributed by atoms with van der Waals surface area (Å²) in [5.41, 5.74) is 8.44. The second-order valence-corrected chi connectivity index (χ2v) is 8.00. The number of rotatable bonds is 7. The highest BCUT2D eigenvalue weighted by Gasteiger charge is 2.40. The van der Waals surface area contributed by atoms with Crippen molar-refractivity contribution in [3.63, 3.8) is 0 Å². The number of hydrogen-bond donors (Lipinski definition) is 1. The van der Waals surface area contributed by atoms with E-state index in [1.54, 1.807) is 6.07 Å². The lowest BCUT2D eigenvalue weighted by Crippen LogP contribution is -2.43. The maximum atomic E-state index is 11.5. The zero-order valence-electron chi connectivity index (χ0n) is 16.1. The number of benzene rings is 1. The molecule has 3 atom stereocenters. The Kier molecular flexibility index (Phi) is 5.25. The van der Waals surface area contributed by atoms with Gasteiger partial charge in [0.15, 0.2) is 0 Å². The van der Waals surface area contributed by atoms with E-state index >= 15 is 0 Å². The summed E-state index contributed by atoms with van der Waals surface area (Å²) < 4.78 is 1.99. The first-order chi connectivity index (χ1) is 13.1. The Morgan fingerprint density at radius 1 is 1.22 bits per heavy atom. The summed E-state index contributed by atoms with van der Waals surface area (Å²) in [5.74, 6) is 0.188. The van der Waals surface area contributed by atoms with Crippen LogP contribution in [0.1, 0.15) is 66.6 Å². The van der Waals surface area contributed by atoms with Crippen LogP contribution in [0.4, 0.5) is 0 Å². The van der Waals surface area contributed by atoms with E-state index in [0.29, 0.717) is 23.6 Å². The van der Waals surface area contributed by atoms with Crippen molar-refractivity contribution in [3.8, 4) is 0 Å². The van der Waals surface area contributed by atoms with E-state index in [0.717, 1.165) is 44.5 Å². The Morgan fingerprint density at radius 3 is 2.70 bits per heavy atom. The van der Waals surface area contributed by atoms with Gasteiger partial charge in [0.2, 0.25) is 5.91 Å². The number of amides is 1. The number of aryl methyl sites for hydroxylation is 1. The third-order valence-electron chi connectivity index (χ3n) is 6.21. The lowest BCUT2D eigenvalue weighted by atomic mass is 9.84. The third kappa shape index (κ3) is 3.90. The third-order valence-corrected chi connectivity index (χ3v) is 6.21. The fourth-order valence-corrected chi connectivity index (χ4v) is 4.89. The lowest BCUT2D eigenvalue weighted by Gasteiger charge is -2.39. The SMILES string of the molecule is CCCc1cn(CCN2[C@@H]3CC[C@H]2C[C@@H](c2cccc(C(N)=O)c2)C3)nn1. The van der Waals surface area contributed by atoms with Gasteiger partial charge in [0.1, 0.15) is 0 Å². The van der Waals surface area contributed by atoms with Gasteiger partial charge in [0.05, 0.1) is 12.2 Å². The molecule has 144 valence electrons. The summed E-state index contributed by atoms with van der Waals surface area (Å²) in [7, 11) is 0. The number of carbonyl (C=O) groups is 1. The summed E-state index contributed by atoms with van der Waals surface area (Å²) in [6, 6.07) is 9.17. The van der Waals surface area contributed by atoms with Crippen LogP contribution in [0.2, 0.25) is 0 Å². The first kappa shape index (κ1) is 18.2. The van der Waals surface area contributed by atoms with Crippen LogP contribution in [-0.2, 0) is 13.0 Å². The molecule has 2 bridgehead atoms. The van der Waals surface area contributed by atoms with Gasteiger partial charge in [0, 0.05) is 30.4 Å². The number of piperidine rings is 1. The van der Waals surface area contributed by atoms with Gasteiger partial charge in [-0.2, -0.15) is 0 Å². The van der Waals surface area contributed by atoms with Gasteiger partial charge in [-0.25, -0.2) is 0 Å². The molecular formula is C21H29N5O. The topological polar surface area (TPSA) is 77.0 Å². The molecule has 0 unspecified atom stereocenters. The average molecular weight is 367 g/mol. The van der Waals surface area contributed by atoms with E-state index in [1.807, 2.05) is 16.8 Å². The van der Waals surface area contributed by atoms with Crippen LogP contribution < -0.4 is 5.73 Å². The summed E-state index contributed by atoms with van der Waals surface area (Å²) in [6.07, 6.45) is 9.07. The molecule has 0 spiro atoms. The van der Waals surface area contributed by atoms with E-state index in [9.17, 15) is 4.79 Å². The molecule has 2 aromatic rings. The number of hydrogen-bond acceptors (Lipinski definition) is 4. The number of fused-ring (bicyclic) bond motifs is 2. The van der Waals surface area contributed by atoms with Crippen LogP contribution in [0.5, 0.6) is 0 Å². The van der Waals surface area contributed by atoms with Crippen molar-refractivity contribution in [2.75, 3.05) is 6.54 Å². The van der Waals surface area contributed by atoms with Gasteiger partial charge in [-0.3, -0.25) is 14.4 Å². The largest absolute Gasteiger partial charge is 0.366 e. The van der Waals surface area contributed by atoms with Crippen LogP contribution in [0.15, 0.2) is 30.5 Å². The molecule has 4 rings (SSSR count). The average Bonchev–Trinajstić information content (AvgIpc) is 3.21. The number of nitrogens with two attached hydrogens (primary N) is 1. The highest BCUT2D eigenvalue weighted by Crippen LogP contribution is 2.43. The fraction of sp³-hybridized carbons (Fsp3) is 0.571. The van der Waals surface area contributed by atoms with Crippen LogP contribution in [0.3, 0.4) is 0 Å². The van der Waals surface area contributed by atoms with Gasteiger partial charge < -0.3 is 5.73 Å². The highest BCUT2D eigenvalue weighted by molar-refractivity contribution is 5.92. The Bertz CT molecular complexity index is 787. The summed E-state index contributed by atoms with van der Waals surface area (Å²) in [4.78, 5) is 14.2. The summed E-state index contributed by atoms with van der Waals surface area (Å²) in [5, 5.41) is 8.53. The van der Waals surface area contributed by atoms with Crippen LogP contribution >= 0.6 is 0 Å². The van der Waals surface area contributed by atoms with Crippen molar-refractivity contribution in [2.24, 2.45) is 5.73 Å². The molecule has 0 saturated carbocycles. The maximum Gasteiger partial charge on any atom is 0.248 e. The van der Waals surface area contributed by atoms with Crippen molar-refractivity contribution >= 4 is 5.91 Å². The minimum absolute atomic E-state index is 0.340. The second kappa shape index (κ2) is 7.80. The first-order valence-electron chi connectivity index (χ1n) is 10.2. The standard InChI is InChI=1S/C21H29N5O/c1-2-4-18-14-25(24-23-18)9-10-26-19-7-8-20(26)13-17(12-19)15-5-3-6-16(11-15)21(22)27/h3,5-6,11,14,17,19-20H,2,4,7-10,12-13H2,1H3,(H2,22,27)/t17-,19+,20-. The monoisotopic (exact) mass is 367 g/mol. The number of nitrogens with zero attached hydrogens (tertiary/aromatic N) is 4. The number of primary amides is 1. The molecule has 3 heterocycles. The molecule has 6 heteroatoms. The van der Waals surface area contributed by atoms with Crippen molar-refractivity contribution in [2.45, 2.75) is 70.0 Å². The van der Waals surface area contributed by atoms with E-state index in [-0.39, 0.29) is 5.91 Å². The smallest absolute Gasteiger partial charge is 0.248 e. The zero-order chi connectivity index (χ0) is 18.8. The Labute approximate surface area is 160 Å². The molecule has 1 aromatic carbocycles. The molecule has 27 heavy (non-hydrogen) atoms. The summed E-state index contributed by atoms with van der Waals surface area (Å²) in [6.45, 7) is 4.11. The quantitative estimate of drug-likeness (QED) is 0.816. The van der Waals surface area contributed by atoms with E-state index in [4.69, 9.17) is 5.73 Å². The Balaban J connectivity index is 1.38. The molecule has 2 saturated heterocycles. The second-order valence-electron chi connectivity index (χ2n) is 8.00. The van der Waals surface area contributed by atoms with Gasteiger partial charge >= 0.3 is 0 Å². The van der Waals surface area contributed by atoms with E-state index in [1.165, 1.54) is 18.4 Å². The Hall–Kier alpha value is -2.21. The van der Waals surface area contributed by atoms with Crippen LogP contribution in [0.25, 0.3) is 0 Å². The molecule has 2 fully saturated rings. The molecule has 1 aromatic heterocycles. The molecule has 1 amide bonds. The van der Waals surface area contributed by atoms with Crippen molar-refractivity contribution < 1.29 is 4.79 Å². The lowest BCUT2D eigenvalue weighted by molar-refractivity contribution is 0.1000. The maximum absolute atomic E-state index is 11.5. The van der Waals surface area contributed by atoms with Gasteiger partial charge in [0.25, 0.3) is 0 Å². The molecule has 6 nitrogen and oxygen atoms in total. The molecule has 0 radical (unpaired) electrons. The molecule has 2 N–H and O–H groups in total. The fourth-order valence-electron chi connectivity index (χ4n) is 4.89. The van der Waals surface area contributed by atoms with Gasteiger partial charge in [-0.15, -0.1) is 5.10 Å². The molecule has 0 aliphatic carbocycles. The number of carbonyl (C=O) groups excluding carboxylic acids is 1. The van der Waals surface area contributed by atoms with Crippen molar-refractivity contribution in [1.29, 1.82) is 0 Å². The Morgan fingerprint density at radius 2 is 2.00 bits per heavy atom. The number of aromatic nitrogens is 3. The van der Waals surface area contributed by atoms with E-state index < -0.39 is 0 Å². The normalized spacial score (nSPS) is 25.0. The van der Waals surface area contributed by atoms with Crippen LogP contribution in [0, 0.1) is 0 Å². The van der Waals surface area contributed by atoms with Gasteiger partial charge in [-0.1, -0.05) is 30.7 Å². The molecule has 2 aliphatic rings. The minimum Gasteiger partial charge on any atom is -0.366 e. The van der Waals surface area contributed by atoms with Crippen molar-refractivity contribution in [1.82, 2.24) is 19.9 Å². The molecule has 2 aliphatic heterocycles. The molecular weight excluding hydrogens is 338 g/mol. The zero-order valence-corrected chi connectivity index (χ0v) is 16.1. The van der Waals surface area contributed by atoms with Crippen molar-refractivity contribution in [3.05, 3.63) is 47.3 Å². The van der Waals surface area contributed by atoms with Gasteiger partial charge in [-0.05, 0) is 55.7 Å². The van der Waals surface area contributed by atoms with Crippen LogP contribution in [-0.4, -0.2) is 44.4 Å². The summed E-state index contributed by atoms with van der Waals surface area (Å²) >= 11 is 0. The predicted molar refractivity (Wildman–Crippen MR) is 104 cm³/mol. The van der Waals surface area contributed by atoms with E-state index in [2.05, 4.69) is 34.4 Å². The highest BCUT2D eigenvalue weighted by atomic mass is 16.1. The minimum atomic E-state index is -0.340. The predicted octanol–water partition coefficient (Wildman–Crippen LogP) is 2.74.